The van der Waals surface area contributed by atoms with Crippen LogP contribution in [0.25, 0.3) is 0 Å². The van der Waals surface area contributed by atoms with Crippen molar-refractivity contribution in [2.45, 2.75) is 12.5 Å². The van der Waals surface area contributed by atoms with Crippen LogP contribution in [0.15, 0.2) is 36.4 Å². The number of alkyl halides is 1. The van der Waals surface area contributed by atoms with Gasteiger partial charge in [0.2, 0.25) is 0 Å². The third-order valence-corrected chi connectivity index (χ3v) is 3.55. The van der Waals surface area contributed by atoms with Gasteiger partial charge in [0.05, 0.1) is 15.9 Å². The van der Waals surface area contributed by atoms with Gasteiger partial charge in [0.25, 0.3) is 0 Å². The van der Waals surface area contributed by atoms with E-state index in [0.29, 0.717) is 21.4 Å². The van der Waals surface area contributed by atoms with Crippen molar-refractivity contribution in [3.63, 3.8) is 0 Å². The molecule has 0 unspecified atom stereocenters. The molecule has 0 aliphatic carbocycles. The highest BCUT2D eigenvalue weighted by Crippen LogP contribution is 2.31. The van der Waals surface area contributed by atoms with Gasteiger partial charge >= 0.3 is 0 Å². The monoisotopic (exact) mass is 318 g/mol. The van der Waals surface area contributed by atoms with Gasteiger partial charge in [-0.2, -0.15) is 0 Å². The van der Waals surface area contributed by atoms with Crippen molar-refractivity contribution in [3.8, 4) is 5.75 Å². The van der Waals surface area contributed by atoms with Gasteiger partial charge in [-0.15, -0.1) is 11.6 Å². The van der Waals surface area contributed by atoms with Crippen molar-refractivity contribution in [2.75, 3.05) is 0 Å². The largest absolute Gasteiger partial charge is 0.487 e. The molecule has 0 fully saturated rings. The molecule has 0 spiro atoms. The molecule has 0 amide bonds. The summed E-state index contributed by atoms with van der Waals surface area (Å²) in [7, 11) is 0. The number of halogens is 4. The zero-order valence-electron chi connectivity index (χ0n) is 9.80. The first-order chi connectivity index (χ1) is 9.13. The fourth-order valence-corrected chi connectivity index (χ4v) is 2.31. The van der Waals surface area contributed by atoms with Gasteiger partial charge in [-0.3, -0.25) is 0 Å². The first-order valence-corrected chi connectivity index (χ1v) is 6.81. The lowest BCUT2D eigenvalue weighted by molar-refractivity contribution is 0.298. The second-order valence-electron chi connectivity index (χ2n) is 3.85. The number of benzene rings is 2. The average molecular weight is 320 g/mol. The molecule has 0 bridgehead atoms. The lowest BCUT2D eigenvalue weighted by atomic mass is 10.2. The Morgan fingerprint density at radius 3 is 2.37 bits per heavy atom. The molecular formula is C14H10Cl3FO. The maximum Gasteiger partial charge on any atom is 0.142 e. The summed E-state index contributed by atoms with van der Waals surface area (Å²) < 4.78 is 19.2. The summed E-state index contributed by atoms with van der Waals surface area (Å²) >= 11 is 17.8. The fourth-order valence-electron chi connectivity index (χ4n) is 1.63. The summed E-state index contributed by atoms with van der Waals surface area (Å²) in [6.07, 6.45) is 0. The minimum atomic E-state index is -0.410. The number of ether oxygens (including phenoxy) is 1. The summed E-state index contributed by atoms with van der Waals surface area (Å²) in [6.45, 7) is -0.000864. The van der Waals surface area contributed by atoms with Crippen molar-refractivity contribution in [3.05, 3.63) is 63.4 Å². The SMILES string of the molecule is Fc1cccc(Cl)c1COc1c(Cl)cccc1CCl. The van der Waals surface area contributed by atoms with Crippen molar-refractivity contribution in [1.82, 2.24) is 0 Å². The van der Waals surface area contributed by atoms with E-state index < -0.39 is 5.82 Å². The van der Waals surface area contributed by atoms with Crippen LogP contribution in [0.4, 0.5) is 4.39 Å². The van der Waals surface area contributed by atoms with E-state index in [1.807, 2.05) is 0 Å². The highest BCUT2D eigenvalue weighted by molar-refractivity contribution is 6.32. The summed E-state index contributed by atoms with van der Waals surface area (Å²) in [5.74, 6) is 0.312. The molecule has 0 saturated heterocycles. The summed E-state index contributed by atoms with van der Waals surface area (Å²) in [6, 6.07) is 9.76. The molecule has 0 aromatic heterocycles. The second-order valence-corrected chi connectivity index (χ2v) is 4.93. The molecule has 0 aliphatic heterocycles. The van der Waals surface area contributed by atoms with E-state index in [1.165, 1.54) is 6.07 Å². The van der Waals surface area contributed by atoms with E-state index in [9.17, 15) is 4.39 Å². The van der Waals surface area contributed by atoms with Gasteiger partial charge in [-0.1, -0.05) is 41.4 Å². The molecule has 2 aromatic rings. The Hall–Kier alpha value is -0.960. The van der Waals surface area contributed by atoms with Crippen molar-refractivity contribution in [2.24, 2.45) is 0 Å². The zero-order valence-corrected chi connectivity index (χ0v) is 12.1. The fraction of sp³-hybridized carbons (Fsp3) is 0.143. The molecule has 0 radical (unpaired) electrons. The highest BCUT2D eigenvalue weighted by Gasteiger charge is 2.11. The lowest BCUT2D eigenvalue weighted by Crippen LogP contribution is -2.01. The molecule has 5 heteroatoms. The highest BCUT2D eigenvalue weighted by atomic mass is 35.5. The molecule has 2 rings (SSSR count). The van der Waals surface area contributed by atoms with E-state index in [2.05, 4.69) is 0 Å². The predicted octanol–water partition coefficient (Wildman–Crippen LogP) is 5.45. The van der Waals surface area contributed by atoms with Crippen LogP contribution in [-0.4, -0.2) is 0 Å². The lowest BCUT2D eigenvalue weighted by Gasteiger charge is -2.13. The Bertz CT molecular complexity index is 567. The molecule has 19 heavy (non-hydrogen) atoms. The third-order valence-electron chi connectivity index (χ3n) is 2.62. The average Bonchev–Trinajstić information content (AvgIpc) is 2.39. The van der Waals surface area contributed by atoms with Crippen molar-refractivity contribution >= 4 is 34.8 Å². The maximum atomic E-state index is 13.6. The molecule has 0 heterocycles. The van der Waals surface area contributed by atoms with E-state index >= 15 is 0 Å². The minimum absolute atomic E-state index is 0.000864. The standard InChI is InChI=1S/C14H10Cl3FO/c15-7-9-3-1-5-12(17)14(9)19-8-10-11(16)4-2-6-13(10)18/h1-6H,7-8H2. The van der Waals surface area contributed by atoms with Gasteiger partial charge in [-0.05, 0) is 18.2 Å². The Morgan fingerprint density at radius 1 is 1.00 bits per heavy atom. The van der Waals surface area contributed by atoms with E-state index in [0.717, 1.165) is 5.56 Å². The Kier molecular flexibility index (Phi) is 4.92. The summed E-state index contributed by atoms with van der Waals surface area (Å²) in [4.78, 5) is 0. The van der Waals surface area contributed by atoms with Crippen molar-refractivity contribution in [1.29, 1.82) is 0 Å². The number of hydrogen-bond donors (Lipinski definition) is 0. The van der Waals surface area contributed by atoms with Gasteiger partial charge in [0.1, 0.15) is 18.2 Å². The smallest absolute Gasteiger partial charge is 0.142 e. The third kappa shape index (κ3) is 3.33. The number of hydrogen-bond acceptors (Lipinski definition) is 1. The summed E-state index contributed by atoms with van der Waals surface area (Å²) in [5.41, 5.74) is 1.05. The van der Waals surface area contributed by atoms with Crippen LogP contribution in [0.5, 0.6) is 5.75 Å². The Morgan fingerprint density at radius 2 is 1.68 bits per heavy atom. The van der Waals surface area contributed by atoms with Crippen molar-refractivity contribution < 1.29 is 9.13 Å². The normalized spacial score (nSPS) is 10.5. The zero-order chi connectivity index (χ0) is 13.8. The van der Waals surface area contributed by atoms with Crippen LogP contribution in [0, 0.1) is 5.82 Å². The van der Waals surface area contributed by atoms with E-state index in [1.54, 1.807) is 30.3 Å². The molecule has 100 valence electrons. The van der Waals surface area contributed by atoms with E-state index in [-0.39, 0.29) is 12.5 Å². The van der Waals surface area contributed by atoms with Crippen LogP contribution in [0.3, 0.4) is 0 Å². The van der Waals surface area contributed by atoms with Gasteiger partial charge in [0.15, 0.2) is 0 Å². The predicted molar refractivity (Wildman–Crippen MR) is 76.8 cm³/mol. The molecule has 0 saturated carbocycles. The molecule has 1 nitrogen and oxygen atoms in total. The Balaban J connectivity index is 2.24. The van der Waals surface area contributed by atoms with Crippen LogP contribution in [0.2, 0.25) is 10.0 Å². The number of rotatable bonds is 4. The molecule has 0 aliphatic rings. The van der Waals surface area contributed by atoms with Crippen LogP contribution in [0.1, 0.15) is 11.1 Å². The first-order valence-electron chi connectivity index (χ1n) is 5.52. The van der Waals surface area contributed by atoms with Gasteiger partial charge < -0.3 is 4.74 Å². The van der Waals surface area contributed by atoms with Crippen LogP contribution >= 0.6 is 34.8 Å². The summed E-state index contributed by atoms with van der Waals surface area (Å²) in [5, 5.41) is 0.755. The maximum absolute atomic E-state index is 13.6. The quantitative estimate of drug-likeness (QED) is 0.681. The van der Waals surface area contributed by atoms with Crippen LogP contribution in [-0.2, 0) is 12.5 Å². The molecule has 0 atom stereocenters. The first kappa shape index (κ1) is 14.4. The number of para-hydroxylation sites is 1. The second kappa shape index (κ2) is 6.47. The molecular weight excluding hydrogens is 310 g/mol. The van der Waals surface area contributed by atoms with Gasteiger partial charge in [0, 0.05) is 11.1 Å². The van der Waals surface area contributed by atoms with E-state index in [4.69, 9.17) is 39.5 Å². The molecule has 0 N–H and O–H groups in total. The molecule has 2 aromatic carbocycles. The van der Waals surface area contributed by atoms with Crippen LogP contribution < -0.4 is 4.74 Å². The Labute approximate surface area is 125 Å². The van der Waals surface area contributed by atoms with Gasteiger partial charge in [-0.25, -0.2) is 4.39 Å². The minimum Gasteiger partial charge on any atom is -0.487 e. The topological polar surface area (TPSA) is 9.23 Å².